The number of rotatable bonds is 7. The van der Waals surface area contributed by atoms with Crippen molar-refractivity contribution in [2.24, 2.45) is 16.6 Å². The topological polar surface area (TPSA) is 85.9 Å². The second-order valence-corrected chi connectivity index (χ2v) is 5.55. The standard InChI is InChI=1S/C17H27N3O3/c1-6-11(2)12(3)19-17(18)20-16(21)10-13-7-8-14(22-4)15(9-13)23-5/h7-9,11-12H,6,10H2,1-5H3,(H3,18,19,20,21)/t11-,12-/m1/s1. The van der Waals surface area contributed by atoms with Crippen LogP contribution in [0, 0.1) is 5.92 Å². The first-order chi connectivity index (χ1) is 10.9. The number of carbonyl (C=O) groups excluding carboxylic acids is 1. The molecule has 0 spiro atoms. The number of aliphatic imine (C=N–C) groups is 1. The van der Waals surface area contributed by atoms with Crippen LogP contribution < -0.4 is 20.5 Å². The van der Waals surface area contributed by atoms with Crippen LogP contribution >= 0.6 is 0 Å². The van der Waals surface area contributed by atoms with Gasteiger partial charge in [-0.1, -0.05) is 26.3 Å². The molecule has 0 fully saturated rings. The lowest BCUT2D eigenvalue weighted by atomic mass is 10.0. The molecule has 0 aliphatic heterocycles. The Morgan fingerprint density at radius 2 is 1.91 bits per heavy atom. The number of hydrogen-bond acceptors (Lipinski definition) is 4. The van der Waals surface area contributed by atoms with E-state index in [2.05, 4.69) is 24.2 Å². The molecule has 0 unspecified atom stereocenters. The molecule has 0 aromatic heterocycles. The van der Waals surface area contributed by atoms with Crippen molar-refractivity contribution in [2.45, 2.75) is 39.7 Å². The Morgan fingerprint density at radius 3 is 2.48 bits per heavy atom. The van der Waals surface area contributed by atoms with Crippen molar-refractivity contribution in [1.82, 2.24) is 5.32 Å². The van der Waals surface area contributed by atoms with E-state index in [1.54, 1.807) is 26.4 Å². The van der Waals surface area contributed by atoms with E-state index >= 15 is 0 Å². The number of benzene rings is 1. The van der Waals surface area contributed by atoms with Crippen molar-refractivity contribution in [3.8, 4) is 11.5 Å². The number of ether oxygens (including phenoxy) is 2. The average molecular weight is 321 g/mol. The lowest BCUT2D eigenvalue weighted by Crippen LogP contribution is -2.39. The van der Waals surface area contributed by atoms with Crippen LogP contribution in [0.5, 0.6) is 11.5 Å². The van der Waals surface area contributed by atoms with Crippen LogP contribution in [-0.4, -0.2) is 32.1 Å². The van der Waals surface area contributed by atoms with Crippen LogP contribution in [0.2, 0.25) is 0 Å². The van der Waals surface area contributed by atoms with Gasteiger partial charge in [0.15, 0.2) is 17.5 Å². The summed E-state index contributed by atoms with van der Waals surface area (Å²) in [4.78, 5) is 16.4. The van der Waals surface area contributed by atoms with Crippen LogP contribution in [0.3, 0.4) is 0 Å². The summed E-state index contributed by atoms with van der Waals surface area (Å²) in [5.74, 6) is 1.57. The van der Waals surface area contributed by atoms with Crippen LogP contribution in [0.1, 0.15) is 32.8 Å². The van der Waals surface area contributed by atoms with Crippen LogP contribution in [-0.2, 0) is 11.2 Å². The highest BCUT2D eigenvalue weighted by Gasteiger charge is 2.12. The van der Waals surface area contributed by atoms with Gasteiger partial charge in [-0.05, 0) is 30.5 Å². The fraction of sp³-hybridized carbons (Fsp3) is 0.529. The predicted octanol–water partition coefficient (Wildman–Crippen LogP) is 2.11. The molecule has 0 aliphatic carbocycles. The Hall–Kier alpha value is -2.24. The number of nitrogens with zero attached hydrogens (tertiary/aromatic N) is 1. The van der Waals surface area contributed by atoms with Gasteiger partial charge in [-0.3, -0.25) is 10.1 Å². The molecule has 1 aromatic carbocycles. The van der Waals surface area contributed by atoms with E-state index in [-0.39, 0.29) is 24.3 Å². The van der Waals surface area contributed by atoms with E-state index in [1.165, 1.54) is 0 Å². The molecule has 128 valence electrons. The summed E-state index contributed by atoms with van der Waals surface area (Å²) in [5, 5.41) is 2.62. The number of nitrogens with one attached hydrogen (secondary N) is 1. The summed E-state index contributed by atoms with van der Waals surface area (Å²) in [6, 6.07) is 5.43. The van der Waals surface area contributed by atoms with Crippen molar-refractivity contribution in [3.63, 3.8) is 0 Å². The average Bonchev–Trinajstić information content (AvgIpc) is 2.53. The fourth-order valence-electron chi connectivity index (χ4n) is 2.08. The highest BCUT2D eigenvalue weighted by Crippen LogP contribution is 2.27. The first-order valence-corrected chi connectivity index (χ1v) is 7.75. The lowest BCUT2D eigenvalue weighted by molar-refractivity contribution is -0.119. The predicted molar refractivity (Wildman–Crippen MR) is 91.9 cm³/mol. The maximum Gasteiger partial charge on any atom is 0.231 e. The summed E-state index contributed by atoms with van der Waals surface area (Å²) in [7, 11) is 3.13. The number of hydrogen-bond donors (Lipinski definition) is 2. The summed E-state index contributed by atoms with van der Waals surface area (Å²) in [6.45, 7) is 6.19. The third kappa shape index (κ3) is 5.81. The molecule has 23 heavy (non-hydrogen) atoms. The minimum absolute atomic E-state index is 0.0707. The molecule has 6 nitrogen and oxygen atoms in total. The van der Waals surface area contributed by atoms with Crippen molar-refractivity contribution in [2.75, 3.05) is 14.2 Å². The molecular formula is C17H27N3O3. The van der Waals surface area contributed by atoms with E-state index < -0.39 is 0 Å². The summed E-state index contributed by atoms with van der Waals surface area (Å²) in [6.07, 6.45) is 1.20. The van der Waals surface area contributed by atoms with E-state index in [4.69, 9.17) is 15.2 Å². The van der Waals surface area contributed by atoms with Gasteiger partial charge in [0.05, 0.1) is 26.7 Å². The number of guanidine groups is 1. The van der Waals surface area contributed by atoms with Crippen molar-refractivity contribution < 1.29 is 14.3 Å². The summed E-state index contributed by atoms with van der Waals surface area (Å²) >= 11 is 0. The Balaban J connectivity index is 2.68. The Morgan fingerprint density at radius 1 is 1.26 bits per heavy atom. The number of methoxy groups -OCH3 is 2. The summed E-state index contributed by atoms with van der Waals surface area (Å²) in [5.41, 5.74) is 6.61. The summed E-state index contributed by atoms with van der Waals surface area (Å²) < 4.78 is 10.4. The van der Waals surface area contributed by atoms with E-state index in [0.29, 0.717) is 17.4 Å². The van der Waals surface area contributed by atoms with Crippen molar-refractivity contribution in [3.05, 3.63) is 23.8 Å². The smallest absolute Gasteiger partial charge is 0.231 e. The number of amides is 1. The van der Waals surface area contributed by atoms with Crippen molar-refractivity contribution in [1.29, 1.82) is 0 Å². The van der Waals surface area contributed by atoms with Gasteiger partial charge in [-0.2, -0.15) is 0 Å². The molecule has 1 aromatic rings. The van der Waals surface area contributed by atoms with Gasteiger partial charge >= 0.3 is 0 Å². The van der Waals surface area contributed by atoms with E-state index in [9.17, 15) is 4.79 Å². The SMILES string of the molecule is CC[C@@H](C)[C@@H](C)N=C(N)NC(=O)Cc1ccc(OC)c(OC)c1. The largest absolute Gasteiger partial charge is 0.493 e. The van der Waals surface area contributed by atoms with Gasteiger partial charge in [-0.15, -0.1) is 0 Å². The fourth-order valence-corrected chi connectivity index (χ4v) is 2.08. The maximum absolute atomic E-state index is 12.1. The number of nitrogens with two attached hydrogens (primary N) is 1. The number of carbonyl (C=O) groups is 1. The molecule has 0 saturated heterocycles. The monoisotopic (exact) mass is 321 g/mol. The zero-order chi connectivity index (χ0) is 17.4. The van der Waals surface area contributed by atoms with Gasteiger partial charge in [0.1, 0.15) is 0 Å². The third-order valence-electron chi connectivity index (χ3n) is 3.89. The van der Waals surface area contributed by atoms with Gasteiger partial charge in [0.25, 0.3) is 0 Å². The normalized spacial score (nSPS) is 14.0. The molecule has 0 bridgehead atoms. The molecule has 1 amide bonds. The second-order valence-electron chi connectivity index (χ2n) is 5.55. The van der Waals surface area contributed by atoms with E-state index in [0.717, 1.165) is 12.0 Å². The van der Waals surface area contributed by atoms with Crippen LogP contribution in [0.4, 0.5) is 0 Å². The molecular weight excluding hydrogens is 294 g/mol. The third-order valence-corrected chi connectivity index (χ3v) is 3.89. The van der Waals surface area contributed by atoms with Crippen molar-refractivity contribution >= 4 is 11.9 Å². The maximum atomic E-state index is 12.1. The first-order valence-electron chi connectivity index (χ1n) is 7.75. The molecule has 3 N–H and O–H groups in total. The second kappa shape index (κ2) is 9.02. The highest BCUT2D eigenvalue weighted by atomic mass is 16.5. The lowest BCUT2D eigenvalue weighted by Gasteiger charge is -2.15. The molecule has 6 heteroatoms. The highest BCUT2D eigenvalue weighted by molar-refractivity contribution is 5.97. The molecule has 0 saturated carbocycles. The zero-order valence-corrected chi connectivity index (χ0v) is 14.6. The first kappa shape index (κ1) is 18.8. The Bertz CT molecular complexity index is 558. The molecule has 1 rings (SSSR count). The van der Waals surface area contributed by atoms with Crippen LogP contribution in [0.25, 0.3) is 0 Å². The zero-order valence-electron chi connectivity index (χ0n) is 14.6. The Kier molecular flexibility index (Phi) is 7.38. The Labute approximate surface area is 138 Å². The van der Waals surface area contributed by atoms with Crippen LogP contribution in [0.15, 0.2) is 23.2 Å². The minimum Gasteiger partial charge on any atom is -0.493 e. The minimum atomic E-state index is -0.213. The molecule has 0 heterocycles. The van der Waals surface area contributed by atoms with E-state index in [1.807, 2.05) is 13.0 Å². The molecule has 2 atom stereocenters. The molecule has 0 radical (unpaired) electrons. The quantitative estimate of drug-likeness (QED) is 0.595. The van der Waals surface area contributed by atoms with Gasteiger partial charge in [0.2, 0.25) is 5.91 Å². The van der Waals surface area contributed by atoms with Gasteiger partial charge in [0, 0.05) is 0 Å². The molecule has 0 aliphatic rings. The van der Waals surface area contributed by atoms with Gasteiger partial charge < -0.3 is 15.2 Å². The van der Waals surface area contributed by atoms with Gasteiger partial charge in [-0.25, -0.2) is 4.99 Å².